The summed E-state index contributed by atoms with van der Waals surface area (Å²) in [5.74, 6) is -1.84. The van der Waals surface area contributed by atoms with E-state index in [0.717, 1.165) is 13.1 Å². The van der Waals surface area contributed by atoms with Crippen molar-refractivity contribution in [1.82, 2.24) is 4.90 Å². The van der Waals surface area contributed by atoms with E-state index in [1.54, 1.807) is 0 Å². The van der Waals surface area contributed by atoms with Crippen molar-refractivity contribution in [3.63, 3.8) is 0 Å². The summed E-state index contributed by atoms with van der Waals surface area (Å²) in [5.41, 5.74) is -0.654. The number of hydrogen-bond acceptors (Lipinski definition) is 1. The average molecular weight is 232 g/mol. The molecule has 1 atom stereocenters. The molecule has 1 aliphatic carbocycles. The first kappa shape index (κ1) is 11.5. The van der Waals surface area contributed by atoms with Crippen molar-refractivity contribution in [2.45, 2.75) is 18.8 Å². The van der Waals surface area contributed by atoms with E-state index < -0.39 is 11.3 Å². The van der Waals surface area contributed by atoms with Gasteiger partial charge in [-0.2, -0.15) is 0 Å². The van der Waals surface area contributed by atoms with Crippen LogP contribution in [0.4, 0.5) is 8.78 Å². The van der Waals surface area contributed by atoms with Gasteiger partial charge in [-0.1, -0.05) is 0 Å². The Kier molecular flexibility index (Phi) is 3.11. The standard InChI is InChI=1S/C8H12ClF2N.ClH/c9-2-4-12-3-1-7(6-12)5-8(7,10)11;/h1-6H2;1H. The van der Waals surface area contributed by atoms with Crippen molar-refractivity contribution in [2.24, 2.45) is 5.41 Å². The maximum atomic E-state index is 12.8. The molecular weight excluding hydrogens is 219 g/mol. The van der Waals surface area contributed by atoms with E-state index in [-0.39, 0.29) is 18.8 Å². The number of halogens is 4. The third kappa shape index (κ3) is 1.79. The highest BCUT2D eigenvalue weighted by Gasteiger charge is 2.72. The first-order valence-electron chi connectivity index (χ1n) is 4.26. The van der Waals surface area contributed by atoms with E-state index in [2.05, 4.69) is 0 Å². The molecule has 1 nitrogen and oxygen atoms in total. The Hall–Kier alpha value is 0.400. The monoisotopic (exact) mass is 231 g/mol. The highest BCUT2D eigenvalue weighted by molar-refractivity contribution is 6.18. The summed E-state index contributed by atoms with van der Waals surface area (Å²) in [6.07, 6.45) is 0.746. The SMILES string of the molecule is Cl.FC1(F)CC12CCN(CCCl)C2. The Morgan fingerprint density at radius 1 is 1.38 bits per heavy atom. The molecule has 2 rings (SSSR count). The zero-order valence-electron chi connectivity index (χ0n) is 7.23. The molecule has 1 saturated heterocycles. The summed E-state index contributed by atoms with van der Waals surface area (Å²) < 4.78 is 25.7. The quantitative estimate of drug-likeness (QED) is 0.660. The van der Waals surface area contributed by atoms with E-state index >= 15 is 0 Å². The first-order chi connectivity index (χ1) is 5.60. The normalized spacial score (nSPS) is 36.2. The van der Waals surface area contributed by atoms with Crippen LogP contribution in [-0.2, 0) is 0 Å². The molecule has 2 fully saturated rings. The fourth-order valence-corrected chi connectivity index (χ4v) is 2.33. The Labute approximate surface area is 87.8 Å². The Bertz CT molecular complexity index is 201. The maximum Gasteiger partial charge on any atom is 0.255 e. The van der Waals surface area contributed by atoms with Gasteiger partial charge in [-0.05, 0) is 13.0 Å². The van der Waals surface area contributed by atoms with Crippen LogP contribution in [0.5, 0.6) is 0 Å². The van der Waals surface area contributed by atoms with Gasteiger partial charge in [0.15, 0.2) is 0 Å². The molecule has 1 saturated carbocycles. The molecule has 1 spiro atoms. The lowest BCUT2D eigenvalue weighted by molar-refractivity contribution is 0.0666. The molecule has 78 valence electrons. The Morgan fingerprint density at radius 2 is 2.00 bits per heavy atom. The zero-order valence-corrected chi connectivity index (χ0v) is 8.80. The summed E-state index contributed by atoms with van der Waals surface area (Å²) in [6, 6.07) is 0. The fourth-order valence-electron chi connectivity index (χ4n) is 2.09. The molecule has 13 heavy (non-hydrogen) atoms. The molecular formula is C8H13Cl2F2N. The van der Waals surface area contributed by atoms with Crippen LogP contribution in [0.15, 0.2) is 0 Å². The molecule has 0 aromatic rings. The molecule has 1 aliphatic heterocycles. The van der Waals surface area contributed by atoms with Crippen molar-refractivity contribution in [3.05, 3.63) is 0 Å². The average Bonchev–Trinajstić information content (AvgIpc) is 2.39. The molecule has 2 aliphatic rings. The predicted octanol–water partition coefficient (Wildman–Crippen LogP) is 2.38. The molecule has 0 bridgehead atoms. The second-order valence-corrected chi connectivity index (χ2v) is 4.25. The lowest BCUT2D eigenvalue weighted by Gasteiger charge is -2.13. The molecule has 0 N–H and O–H groups in total. The van der Waals surface area contributed by atoms with Crippen molar-refractivity contribution < 1.29 is 8.78 Å². The van der Waals surface area contributed by atoms with Gasteiger partial charge in [0.05, 0.1) is 5.41 Å². The number of alkyl halides is 3. The lowest BCUT2D eigenvalue weighted by atomic mass is 10.1. The highest BCUT2D eigenvalue weighted by atomic mass is 35.5. The van der Waals surface area contributed by atoms with E-state index in [9.17, 15) is 8.78 Å². The molecule has 0 aromatic heterocycles. The number of likely N-dealkylation sites (tertiary alicyclic amines) is 1. The van der Waals surface area contributed by atoms with Crippen LogP contribution in [-0.4, -0.2) is 36.3 Å². The van der Waals surface area contributed by atoms with Gasteiger partial charge >= 0.3 is 0 Å². The first-order valence-corrected chi connectivity index (χ1v) is 4.79. The second-order valence-electron chi connectivity index (χ2n) is 3.88. The van der Waals surface area contributed by atoms with Gasteiger partial charge < -0.3 is 4.90 Å². The number of nitrogens with zero attached hydrogens (tertiary/aromatic N) is 1. The van der Waals surface area contributed by atoms with Crippen LogP contribution in [0.1, 0.15) is 12.8 Å². The van der Waals surface area contributed by atoms with Crippen LogP contribution >= 0.6 is 24.0 Å². The van der Waals surface area contributed by atoms with Crippen LogP contribution in [0.3, 0.4) is 0 Å². The van der Waals surface area contributed by atoms with Crippen molar-refractivity contribution in [3.8, 4) is 0 Å². The van der Waals surface area contributed by atoms with Gasteiger partial charge in [-0.15, -0.1) is 24.0 Å². The molecule has 5 heteroatoms. The number of hydrogen-bond donors (Lipinski definition) is 0. The summed E-state index contributed by atoms with van der Waals surface area (Å²) in [4.78, 5) is 2.04. The van der Waals surface area contributed by atoms with Gasteiger partial charge in [0.25, 0.3) is 5.92 Å². The van der Waals surface area contributed by atoms with E-state index in [1.807, 2.05) is 4.90 Å². The topological polar surface area (TPSA) is 3.24 Å². The van der Waals surface area contributed by atoms with Crippen LogP contribution in [0, 0.1) is 5.41 Å². The summed E-state index contributed by atoms with van der Waals surface area (Å²) >= 11 is 5.54. The molecule has 0 amide bonds. The summed E-state index contributed by atoms with van der Waals surface area (Å²) in [6.45, 7) is 2.09. The van der Waals surface area contributed by atoms with Crippen molar-refractivity contribution in [1.29, 1.82) is 0 Å². The summed E-state index contributed by atoms with van der Waals surface area (Å²) in [7, 11) is 0. The smallest absolute Gasteiger partial charge is 0.255 e. The van der Waals surface area contributed by atoms with Gasteiger partial charge in [0.2, 0.25) is 0 Å². The van der Waals surface area contributed by atoms with Crippen molar-refractivity contribution >= 4 is 24.0 Å². The van der Waals surface area contributed by atoms with Crippen LogP contribution in [0.2, 0.25) is 0 Å². The van der Waals surface area contributed by atoms with E-state index in [0.29, 0.717) is 18.8 Å². The largest absolute Gasteiger partial charge is 0.301 e. The fraction of sp³-hybridized carbons (Fsp3) is 1.00. The van der Waals surface area contributed by atoms with Gasteiger partial charge in [-0.3, -0.25) is 0 Å². The predicted molar refractivity (Wildman–Crippen MR) is 51.0 cm³/mol. The third-order valence-electron chi connectivity index (χ3n) is 3.04. The van der Waals surface area contributed by atoms with E-state index in [4.69, 9.17) is 11.6 Å². The van der Waals surface area contributed by atoms with Crippen LogP contribution in [0.25, 0.3) is 0 Å². The molecule has 1 heterocycles. The second kappa shape index (κ2) is 3.52. The zero-order chi connectivity index (χ0) is 8.82. The van der Waals surface area contributed by atoms with E-state index in [1.165, 1.54) is 0 Å². The highest BCUT2D eigenvalue weighted by Crippen LogP contribution is 2.64. The lowest BCUT2D eigenvalue weighted by Crippen LogP contribution is -2.24. The van der Waals surface area contributed by atoms with Crippen molar-refractivity contribution in [2.75, 3.05) is 25.5 Å². The van der Waals surface area contributed by atoms with Gasteiger partial charge in [-0.25, -0.2) is 8.78 Å². The molecule has 1 unspecified atom stereocenters. The number of rotatable bonds is 2. The maximum absolute atomic E-state index is 12.8. The summed E-state index contributed by atoms with van der Waals surface area (Å²) in [5, 5.41) is 0. The van der Waals surface area contributed by atoms with Crippen LogP contribution < -0.4 is 0 Å². The molecule has 0 aromatic carbocycles. The Balaban J connectivity index is 0.000000845. The third-order valence-corrected chi connectivity index (χ3v) is 3.21. The minimum absolute atomic E-state index is 0. The minimum atomic E-state index is -2.38. The minimum Gasteiger partial charge on any atom is -0.301 e. The Morgan fingerprint density at radius 3 is 2.38 bits per heavy atom. The van der Waals surface area contributed by atoms with Gasteiger partial charge in [0.1, 0.15) is 0 Å². The molecule has 0 radical (unpaired) electrons. The van der Waals surface area contributed by atoms with Gasteiger partial charge in [0, 0.05) is 25.4 Å².